The third-order valence-electron chi connectivity index (χ3n) is 6.52. The molecule has 0 aromatic heterocycles. The standard InChI is InChI=1S/C33H44O2S/c1-11-29(34)35-36(25-18-14-12-15-19-25,26-20-16-13-17-21-26)30-27(32(5,6)7)22-24(31(2,3)4)23-28(30)33(8,9)10/h12-23H,11H2,1-10H3. The van der Waals surface area contributed by atoms with E-state index < -0.39 is 10.3 Å². The van der Waals surface area contributed by atoms with E-state index in [0.717, 1.165) is 14.7 Å². The van der Waals surface area contributed by atoms with Gasteiger partial charge in [-0.15, -0.1) is 0 Å². The van der Waals surface area contributed by atoms with Crippen molar-refractivity contribution in [2.75, 3.05) is 0 Å². The summed E-state index contributed by atoms with van der Waals surface area (Å²) in [6.45, 7) is 22.3. The zero-order valence-corrected chi connectivity index (χ0v) is 24.7. The Morgan fingerprint density at radius 2 is 1.06 bits per heavy atom. The molecule has 0 spiro atoms. The molecule has 0 atom stereocenters. The minimum absolute atomic E-state index is 0.0177. The summed E-state index contributed by atoms with van der Waals surface area (Å²) in [5.74, 6) is -0.183. The average molecular weight is 505 g/mol. The van der Waals surface area contributed by atoms with Crippen molar-refractivity contribution in [1.29, 1.82) is 0 Å². The summed E-state index contributed by atoms with van der Waals surface area (Å²) in [5.41, 5.74) is 3.43. The lowest BCUT2D eigenvalue weighted by molar-refractivity contribution is -0.133. The topological polar surface area (TPSA) is 26.3 Å². The maximum absolute atomic E-state index is 13.3. The second-order valence-electron chi connectivity index (χ2n) is 12.6. The van der Waals surface area contributed by atoms with Gasteiger partial charge < -0.3 is 4.18 Å². The molecule has 0 saturated carbocycles. The van der Waals surface area contributed by atoms with E-state index in [0.29, 0.717) is 6.42 Å². The van der Waals surface area contributed by atoms with Gasteiger partial charge in [0.2, 0.25) is 0 Å². The van der Waals surface area contributed by atoms with Crippen molar-refractivity contribution in [1.82, 2.24) is 0 Å². The number of carbonyl (C=O) groups is 1. The SMILES string of the molecule is CCC(=O)OS(c1ccccc1)(c1ccccc1)c1c(C(C)(C)C)cc(C(C)(C)C)cc1C(C)(C)C. The molecule has 2 nitrogen and oxygen atoms in total. The van der Waals surface area contributed by atoms with Crippen LogP contribution in [-0.4, -0.2) is 5.97 Å². The molecular weight excluding hydrogens is 460 g/mol. The quantitative estimate of drug-likeness (QED) is 0.346. The molecule has 0 heterocycles. The molecule has 0 fully saturated rings. The fourth-order valence-corrected chi connectivity index (χ4v) is 8.26. The number of hydrogen-bond acceptors (Lipinski definition) is 2. The maximum Gasteiger partial charge on any atom is 0.316 e. The molecule has 0 saturated heterocycles. The maximum atomic E-state index is 13.3. The van der Waals surface area contributed by atoms with Crippen LogP contribution >= 0.6 is 10.3 Å². The van der Waals surface area contributed by atoms with Crippen LogP contribution in [0.1, 0.15) is 92.3 Å². The van der Waals surface area contributed by atoms with Crippen molar-refractivity contribution in [2.45, 2.75) is 107 Å². The van der Waals surface area contributed by atoms with Crippen LogP contribution in [0.3, 0.4) is 0 Å². The Bertz CT molecular complexity index is 1120. The second kappa shape index (κ2) is 10.1. The van der Waals surface area contributed by atoms with E-state index in [1.807, 2.05) is 19.1 Å². The fourth-order valence-electron chi connectivity index (χ4n) is 4.42. The third kappa shape index (κ3) is 5.57. The van der Waals surface area contributed by atoms with Gasteiger partial charge in [-0.2, -0.15) is 0 Å². The molecule has 194 valence electrons. The molecule has 0 aliphatic heterocycles. The lowest BCUT2D eigenvalue weighted by Gasteiger charge is -2.46. The molecule has 0 unspecified atom stereocenters. The molecule has 3 rings (SSSR count). The molecule has 0 amide bonds. The summed E-state index contributed by atoms with van der Waals surface area (Å²) in [4.78, 5) is 16.5. The molecule has 36 heavy (non-hydrogen) atoms. The molecule has 0 bridgehead atoms. The van der Waals surface area contributed by atoms with Crippen molar-refractivity contribution in [3.05, 3.63) is 89.5 Å². The number of hydrogen-bond donors (Lipinski definition) is 0. The second-order valence-corrected chi connectivity index (χ2v) is 15.3. The van der Waals surface area contributed by atoms with Gasteiger partial charge in [-0.3, -0.25) is 4.79 Å². The van der Waals surface area contributed by atoms with Crippen molar-refractivity contribution in [3.8, 4) is 0 Å². The number of rotatable bonds is 5. The van der Waals surface area contributed by atoms with Gasteiger partial charge in [0, 0.05) is 21.1 Å². The molecule has 0 N–H and O–H groups in total. The predicted octanol–water partition coefficient (Wildman–Crippen LogP) is 9.73. The third-order valence-corrected chi connectivity index (χ3v) is 9.84. The van der Waals surface area contributed by atoms with Gasteiger partial charge in [0.25, 0.3) is 0 Å². The van der Waals surface area contributed by atoms with Gasteiger partial charge in [-0.25, -0.2) is 0 Å². The summed E-state index contributed by atoms with van der Waals surface area (Å²) in [7, 11) is -2.38. The summed E-state index contributed by atoms with van der Waals surface area (Å²) in [6.07, 6.45) is 0.324. The molecule has 0 aliphatic rings. The monoisotopic (exact) mass is 504 g/mol. The van der Waals surface area contributed by atoms with E-state index in [9.17, 15) is 4.79 Å². The smallest absolute Gasteiger partial charge is 0.316 e. The van der Waals surface area contributed by atoms with Crippen LogP contribution in [0, 0.1) is 0 Å². The minimum Gasteiger partial charge on any atom is -0.402 e. The Morgan fingerprint density at radius 1 is 0.667 bits per heavy atom. The lowest BCUT2D eigenvalue weighted by Crippen LogP contribution is -2.27. The first-order valence-corrected chi connectivity index (χ1v) is 14.5. The Morgan fingerprint density at radius 3 is 1.36 bits per heavy atom. The Labute approximate surface area is 221 Å². The zero-order valence-electron chi connectivity index (χ0n) is 23.9. The van der Waals surface area contributed by atoms with E-state index >= 15 is 0 Å². The van der Waals surface area contributed by atoms with Crippen LogP contribution in [0.15, 0.2) is 87.5 Å². The Balaban J connectivity index is 2.68. The van der Waals surface area contributed by atoms with Crippen LogP contribution in [0.4, 0.5) is 0 Å². The van der Waals surface area contributed by atoms with E-state index in [2.05, 4.69) is 123 Å². The Kier molecular flexibility index (Phi) is 7.86. The fraction of sp³-hybridized carbons (Fsp3) is 0.424. The summed E-state index contributed by atoms with van der Waals surface area (Å²) < 4.78 is 6.79. The lowest BCUT2D eigenvalue weighted by atomic mass is 9.75. The van der Waals surface area contributed by atoms with Gasteiger partial charge in [0.15, 0.2) is 0 Å². The molecule has 0 aliphatic carbocycles. The van der Waals surface area contributed by atoms with Gasteiger partial charge in [-0.05, 0) is 67.5 Å². The van der Waals surface area contributed by atoms with Crippen molar-refractivity contribution in [3.63, 3.8) is 0 Å². The Hall–Kier alpha value is -2.52. The highest BCUT2D eigenvalue weighted by atomic mass is 32.3. The van der Waals surface area contributed by atoms with Crippen LogP contribution in [0.25, 0.3) is 0 Å². The highest BCUT2D eigenvalue weighted by molar-refractivity contribution is 8.30. The normalized spacial score (nSPS) is 13.4. The predicted molar refractivity (Wildman–Crippen MR) is 154 cm³/mol. The van der Waals surface area contributed by atoms with Gasteiger partial charge in [-0.1, -0.05) is 118 Å². The molecule has 3 heteroatoms. The first-order chi connectivity index (χ1) is 16.6. The summed E-state index contributed by atoms with van der Waals surface area (Å²) in [6, 6.07) is 25.5. The van der Waals surface area contributed by atoms with E-state index in [1.165, 1.54) is 16.7 Å². The van der Waals surface area contributed by atoms with Gasteiger partial charge in [0.05, 0.1) is 0 Å². The van der Waals surface area contributed by atoms with Crippen LogP contribution in [-0.2, 0) is 25.2 Å². The molecule has 3 aromatic carbocycles. The summed E-state index contributed by atoms with van der Waals surface area (Å²) >= 11 is 0. The first-order valence-electron chi connectivity index (χ1n) is 13.0. The average Bonchev–Trinajstić information content (AvgIpc) is 2.81. The van der Waals surface area contributed by atoms with Crippen molar-refractivity contribution < 1.29 is 8.98 Å². The van der Waals surface area contributed by atoms with Crippen molar-refractivity contribution in [2.24, 2.45) is 0 Å². The highest BCUT2D eigenvalue weighted by Crippen LogP contribution is 2.72. The molecule has 3 aromatic rings. The van der Waals surface area contributed by atoms with Crippen LogP contribution in [0.5, 0.6) is 0 Å². The number of benzene rings is 3. The largest absolute Gasteiger partial charge is 0.402 e. The molecule has 0 radical (unpaired) electrons. The summed E-state index contributed by atoms with van der Waals surface area (Å²) in [5, 5.41) is 0. The minimum atomic E-state index is -2.38. The number of carbonyl (C=O) groups excluding carboxylic acids is 1. The van der Waals surface area contributed by atoms with Crippen LogP contribution in [0.2, 0.25) is 0 Å². The molecular formula is C33H44O2S. The van der Waals surface area contributed by atoms with Gasteiger partial charge >= 0.3 is 5.97 Å². The highest BCUT2D eigenvalue weighted by Gasteiger charge is 2.43. The van der Waals surface area contributed by atoms with E-state index in [4.69, 9.17) is 4.18 Å². The van der Waals surface area contributed by atoms with Crippen molar-refractivity contribution >= 4 is 16.3 Å². The first kappa shape index (κ1) is 28.1. The van der Waals surface area contributed by atoms with E-state index in [-0.39, 0.29) is 22.2 Å². The van der Waals surface area contributed by atoms with Crippen LogP contribution < -0.4 is 0 Å². The van der Waals surface area contributed by atoms with E-state index in [1.54, 1.807) is 0 Å². The zero-order chi connectivity index (χ0) is 26.9. The van der Waals surface area contributed by atoms with Gasteiger partial charge in [0.1, 0.15) is 0 Å².